The quantitative estimate of drug-likeness (QED) is 0.707. The molecule has 17 heavy (non-hydrogen) atoms. The van der Waals surface area contributed by atoms with Crippen molar-refractivity contribution in [2.45, 2.75) is 52.2 Å². The Bertz CT molecular complexity index is 268. The lowest BCUT2D eigenvalue weighted by Crippen LogP contribution is -2.52. The Morgan fingerprint density at radius 2 is 2.24 bits per heavy atom. The summed E-state index contributed by atoms with van der Waals surface area (Å²) >= 11 is 0. The van der Waals surface area contributed by atoms with E-state index < -0.39 is 0 Å². The van der Waals surface area contributed by atoms with E-state index in [0.717, 1.165) is 12.8 Å². The second-order valence-electron chi connectivity index (χ2n) is 5.69. The smallest absolute Gasteiger partial charge is 0.226 e. The van der Waals surface area contributed by atoms with Crippen molar-refractivity contribution in [2.24, 2.45) is 17.6 Å². The molecule has 0 heterocycles. The van der Waals surface area contributed by atoms with Gasteiger partial charge in [0.25, 0.3) is 0 Å². The van der Waals surface area contributed by atoms with Gasteiger partial charge in [-0.3, -0.25) is 4.79 Å². The summed E-state index contributed by atoms with van der Waals surface area (Å²) in [6.07, 6.45) is 1.88. The monoisotopic (exact) mass is 242 g/mol. The van der Waals surface area contributed by atoms with E-state index in [-0.39, 0.29) is 23.5 Å². The molecule has 0 aliphatic heterocycles. The van der Waals surface area contributed by atoms with E-state index in [1.54, 1.807) is 0 Å². The molecule has 1 fully saturated rings. The van der Waals surface area contributed by atoms with Crippen LogP contribution in [0.5, 0.6) is 0 Å². The van der Waals surface area contributed by atoms with Crippen LogP contribution in [0.25, 0.3) is 0 Å². The fourth-order valence-electron chi connectivity index (χ4n) is 2.32. The first-order valence-corrected chi connectivity index (χ1v) is 6.55. The van der Waals surface area contributed by atoms with Gasteiger partial charge < -0.3 is 15.8 Å². The van der Waals surface area contributed by atoms with Gasteiger partial charge in [0, 0.05) is 18.7 Å². The van der Waals surface area contributed by atoms with Gasteiger partial charge in [0.2, 0.25) is 5.91 Å². The number of hydrogen-bond acceptors (Lipinski definition) is 3. The molecule has 1 aliphatic rings. The summed E-state index contributed by atoms with van der Waals surface area (Å²) < 4.78 is 5.42. The average molecular weight is 242 g/mol. The summed E-state index contributed by atoms with van der Waals surface area (Å²) in [5.41, 5.74) is 5.48. The molecule has 4 nitrogen and oxygen atoms in total. The van der Waals surface area contributed by atoms with Gasteiger partial charge in [-0.1, -0.05) is 13.8 Å². The summed E-state index contributed by atoms with van der Waals surface area (Å²) in [5, 5.41) is 3.08. The Morgan fingerprint density at radius 3 is 2.71 bits per heavy atom. The van der Waals surface area contributed by atoms with Crippen molar-refractivity contribution in [3.05, 3.63) is 0 Å². The molecule has 0 bridgehead atoms. The van der Waals surface area contributed by atoms with Crippen LogP contribution < -0.4 is 11.1 Å². The standard InChI is InChI=1S/C13H26N2O2/c1-5-17-11-6-10(11)12(16)15-13(4,8-14)7-9(2)3/h9-11H,5-8,14H2,1-4H3,(H,15,16). The van der Waals surface area contributed by atoms with Crippen molar-refractivity contribution in [1.29, 1.82) is 0 Å². The lowest BCUT2D eigenvalue weighted by molar-refractivity contribution is -0.125. The van der Waals surface area contributed by atoms with E-state index >= 15 is 0 Å². The summed E-state index contributed by atoms with van der Waals surface area (Å²) in [5.74, 6) is 0.649. The van der Waals surface area contributed by atoms with E-state index in [1.807, 2.05) is 13.8 Å². The summed E-state index contributed by atoms with van der Waals surface area (Å²) in [7, 11) is 0. The first kappa shape index (κ1) is 14.5. The zero-order valence-corrected chi connectivity index (χ0v) is 11.5. The second kappa shape index (κ2) is 5.83. The van der Waals surface area contributed by atoms with Gasteiger partial charge in [-0.25, -0.2) is 0 Å². The van der Waals surface area contributed by atoms with Crippen LogP contribution in [0.2, 0.25) is 0 Å². The Balaban J connectivity index is 2.43. The molecule has 0 aromatic heterocycles. The highest BCUT2D eigenvalue weighted by Gasteiger charge is 2.45. The molecular weight excluding hydrogens is 216 g/mol. The third kappa shape index (κ3) is 4.28. The summed E-state index contributed by atoms with van der Waals surface area (Å²) in [6.45, 7) is 9.40. The van der Waals surface area contributed by atoms with Crippen LogP contribution in [-0.4, -0.2) is 30.7 Å². The molecule has 0 aromatic rings. The van der Waals surface area contributed by atoms with Crippen LogP contribution in [-0.2, 0) is 9.53 Å². The highest BCUT2D eigenvalue weighted by atomic mass is 16.5. The van der Waals surface area contributed by atoms with Crippen LogP contribution >= 0.6 is 0 Å². The van der Waals surface area contributed by atoms with Gasteiger partial charge >= 0.3 is 0 Å². The number of nitrogens with two attached hydrogens (primary N) is 1. The maximum Gasteiger partial charge on any atom is 0.226 e. The molecule has 3 unspecified atom stereocenters. The molecule has 3 N–H and O–H groups in total. The van der Waals surface area contributed by atoms with E-state index in [9.17, 15) is 4.79 Å². The number of ether oxygens (including phenoxy) is 1. The molecular formula is C13H26N2O2. The summed E-state index contributed by atoms with van der Waals surface area (Å²) in [6, 6.07) is 0. The number of carbonyl (C=O) groups is 1. The van der Waals surface area contributed by atoms with Crippen LogP contribution in [0.1, 0.15) is 40.5 Å². The van der Waals surface area contributed by atoms with Gasteiger partial charge in [0.15, 0.2) is 0 Å². The minimum absolute atomic E-state index is 0.0352. The Labute approximate surface area is 104 Å². The first-order chi connectivity index (χ1) is 7.91. The fourth-order valence-corrected chi connectivity index (χ4v) is 2.32. The molecule has 100 valence electrons. The second-order valence-corrected chi connectivity index (χ2v) is 5.69. The lowest BCUT2D eigenvalue weighted by atomic mass is 9.90. The van der Waals surface area contributed by atoms with Crippen LogP contribution in [0.4, 0.5) is 0 Å². The Kier molecular flexibility index (Phi) is 4.95. The molecule has 1 amide bonds. The third-order valence-corrected chi connectivity index (χ3v) is 3.18. The minimum atomic E-state index is -0.287. The average Bonchev–Trinajstić information content (AvgIpc) is 2.96. The van der Waals surface area contributed by atoms with Crippen LogP contribution in [0.15, 0.2) is 0 Å². The molecule has 0 aromatic carbocycles. The number of hydrogen-bond donors (Lipinski definition) is 2. The Morgan fingerprint density at radius 1 is 1.59 bits per heavy atom. The number of carbonyl (C=O) groups excluding carboxylic acids is 1. The highest BCUT2D eigenvalue weighted by Crippen LogP contribution is 2.34. The zero-order chi connectivity index (χ0) is 13.1. The lowest BCUT2D eigenvalue weighted by Gasteiger charge is -2.31. The normalized spacial score (nSPS) is 26.7. The predicted molar refractivity (Wildman–Crippen MR) is 68.6 cm³/mol. The maximum absolute atomic E-state index is 12.0. The molecule has 0 saturated heterocycles. The van der Waals surface area contributed by atoms with Crippen molar-refractivity contribution in [3.63, 3.8) is 0 Å². The van der Waals surface area contributed by atoms with Gasteiger partial charge in [0.05, 0.1) is 12.0 Å². The highest BCUT2D eigenvalue weighted by molar-refractivity contribution is 5.82. The molecule has 1 saturated carbocycles. The predicted octanol–water partition coefficient (Wildman–Crippen LogP) is 1.29. The van der Waals surface area contributed by atoms with E-state index in [0.29, 0.717) is 19.1 Å². The van der Waals surface area contributed by atoms with E-state index in [1.165, 1.54) is 0 Å². The van der Waals surface area contributed by atoms with E-state index in [4.69, 9.17) is 10.5 Å². The SMILES string of the molecule is CCOC1CC1C(=O)NC(C)(CN)CC(C)C. The molecule has 0 radical (unpaired) electrons. The van der Waals surface area contributed by atoms with Crippen molar-refractivity contribution in [3.8, 4) is 0 Å². The first-order valence-electron chi connectivity index (χ1n) is 6.55. The number of amides is 1. The van der Waals surface area contributed by atoms with Gasteiger partial charge in [0.1, 0.15) is 0 Å². The van der Waals surface area contributed by atoms with Crippen LogP contribution in [0.3, 0.4) is 0 Å². The van der Waals surface area contributed by atoms with Crippen molar-refractivity contribution in [1.82, 2.24) is 5.32 Å². The molecule has 0 spiro atoms. The zero-order valence-electron chi connectivity index (χ0n) is 11.5. The molecule has 3 atom stereocenters. The number of nitrogens with one attached hydrogen (secondary N) is 1. The molecule has 1 rings (SSSR count). The maximum atomic E-state index is 12.0. The van der Waals surface area contributed by atoms with Crippen LogP contribution in [0, 0.1) is 11.8 Å². The van der Waals surface area contributed by atoms with Gasteiger partial charge in [-0.05, 0) is 32.6 Å². The van der Waals surface area contributed by atoms with Crippen molar-refractivity contribution < 1.29 is 9.53 Å². The van der Waals surface area contributed by atoms with E-state index in [2.05, 4.69) is 19.2 Å². The van der Waals surface area contributed by atoms with Gasteiger partial charge in [-0.2, -0.15) is 0 Å². The third-order valence-electron chi connectivity index (χ3n) is 3.18. The Hall–Kier alpha value is -0.610. The van der Waals surface area contributed by atoms with Gasteiger partial charge in [-0.15, -0.1) is 0 Å². The fraction of sp³-hybridized carbons (Fsp3) is 0.923. The topological polar surface area (TPSA) is 64.3 Å². The minimum Gasteiger partial charge on any atom is -0.378 e. The summed E-state index contributed by atoms with van der Waals surface area (Å²) in [4.78, 5) is 12.0. The number of rotatable bonds is 7. The largest absolute Gasteiger partial charge is 0.378 e. The van der Waals surface area contributed by atoms with Crippen molar-refractivity contribution >= 4 is 5.91 Å². The van der Waals surface area contributed by atoms with Crippen molar-refractivity contribution in [2.75, 3.05) is 13.2 Å². The molecule has 4 heteroatoms. The molecule has 1 aliphatic carbocycles.